The van der Waals surface area contributed by atoms with E-state index in [1.165, 1.54) is 0 Å². The molecule has 0 amide bonds. The molecule has 0 fully saturated rings. The van der Waals surface area contributed by atoms with Crippen molar-refractivity contribution in [2.24, 2.45) is 5.73 Å². The number of rotatable bonds is 3. The lowest BCUT2D eigenvalue weighted by Gasteiger charge is -2.09. The average molecular weight is 154 g/mol. The minimum absolute atomic E-state index is 0.159. The molecule has 0 bridgehead atoms. The third-order valence-electron chi connectivity index (χ3n) is 0.858. The van der Waals surface area contributed by atoms with Crippen molar-refractivity contribution < 1.29 is 15.0 Å². The average Bonchev–Trinajstić information content (AvgIpc) is 1.84. The van der Waals surface area contributed by atoms with E-state index in [0.29, 0.717) is 0 Å². The van der Waals surface area contributed by atoms with Crippen LogP contribution in [0.5, 0.6) is 0 Å². The van der Waals surface area contributed by atoms with Gasteiger partial charge in [0.2, 0.25) is 0 Å². The Balaban J connectivity index is 3.72. The Morgan fingerprint density at radius 1 is 1.78 bits per heavy atom. The molecule has 4 N–H and O–H groups in total. The molecule has 9 heavy (non-hydrogen) atoms. The molecule has 0 aliphatic heterocycles. The number of aliphatic carboxylic acids is 1. The highest BCUT2D eigenvalue weighted by atomic mass is 35.5. The van der Waals surface area contributed by atoms with Crippen molar-refractivity contribution >= 4 is 17.6 Å². The topological polar surface area (TPSA) is 83.6 Å². The number of aliphatic hydroxyl groups is 1. The van der Waals surface area contributed by atoms with Gasteiger partial charge in [-0.25, -0.2) is 0 Å². The molecular weight excluding hydrogens is 146 g/mol. The normalized spacial score (nSPS) is 16.8. The summed E-state index contributed by atoms with van der Waals surface area (Å²) in [7, 11) is 0. The molecule has 5 heteroatoms. The van der Waals surface area contributed by atoms with Gasteiger partial charge >= 0.3 is 5.97 Å². The largest absolute Gasteiger partial charge is 0.480 e. The Kier molecular flexibility index (Phi) is 3.53. The maximum absolute atomic E-state index is 9.96. The first kappa shape index (κ1) is 8.68. The van der Waals surface area contributed by atoms with Gasteiger partial charge in [-0.2, -0.15) is 0 Å². The number of carboxylic acids is 1. The molecule has 0 saturated carbocycles. The molecule has 0 aromatic heterocycles. The van der Waals surface area contributed by atoms with Crippen molar-refractivity contribution in [1.82, 2.24) is 0 Å². The minimum Gasteiger partial charge on any atom is -0.480 e. The van der Waals surface area contributed by atoms with Gasteiger partial charge in [-0.05, 0) is 0 Å². The van der Waals surface area contributed by atoms with Crippen LogP contribution in [-0.4, -0.2) is 34.2 Å². The zero-order valence-electron chi connectivity index (χ0n) is 4.62. The lowest BCUT2D eigenvalue weighted by molar-refractivity contribution is -0.140. The first-order valence-electron chi connectivity index (χ1n) is 2.32. The van der Waals surface area contributed by atoms with Gasteiger partial charge in [0.15, 0.2) is 0 Å². The van der Waals surface area contributed by atoms with Crippen molar-refractivity contribution in [1.29, 1.82) is 0 Å². The minimum atomic E-state index is -1.28. The first-order valence-corrected chi connectivity index (χ1v) is 2.85. The molecule has 0 aromatic rings. The molecule has 0 aromatic carbocycles. The zero-order chi connectivity index (χ0) is 7.44. The molecule has 54 valence electrons. The summed E-state index contributed by atoms with van der Waals surface area (Å²) in [6, 6.07) is -1.28. The molecule has 2 atom stereocenters. The highest BCUT2D eigenvalue weighted by Crippen LogP contribution is 1.92. The summed E-state index contributed by atoms with van der Waals surface area (Å²) in [5, 5.41) is 16.8. The fourth-order valence-electron chi connectivity index (χ4n) is 0.261. The predicted molar refractivity (Wildman–Crippen MR) is 32.3 cm³/mol. The van der Waals surface area contributed by atoms with Crippen molar-refractivity contribution in [2.75, 3.05) is 5.88 Å². The number of carbonyl (C=O) groups is 1. The van der Waals surface area contributed by atoms with E-state index in [1.807, 2.05) is 0 Å². The summed E-state index contributed by atoms with van der Waals surface area (Å²) < 4.78 is 0. The highest BCUT2D eigenvalue weighted by Gasteiger charge is 2.20. The van der Waals surface area contributed by atoms with Crippen LogP contribution in [0, 0.1) is 0 Å². The molecule has 0 aliphatic rings. The predicted octanol–water partition coefficient (Wildman–Crippen LogP) is -1.00. The third-order valence-corrected chi connectivity index (χ3v) is 1.17. The van der Waals surface area contributed by atoms with E-state index in [-0.39, 0.29) is 5.88 Å². The molecular formula is C4H8ClNO3. The number of carboxylic acid groups (broad SMARTS) is 1. The van der Waals surface area contributed by atoms with Gasteiger partial charge < -0.3 is 15.9 Å². The molecule has 0 unspecified atom stereocenters. The van der Waals surface area contributed by atoms with Gasteiger partial charge in [0.1, 0.15) is 6.04 Å². The Morgan fingerprint density at radius 3 is 2.33 bits per heavy atom. The van der Waals surface area contributed by atoms with Crippen LogP contribution in [0.2, 0.25) is 0 Å². The van der Waals surface area contributed by atoms with Crippen molar-refractivity contribution in [2.45, 2.75) is 12.1 Å². The Hall–Kier alpha value is -0.320. The lowest BCUT2D eigenvalue weighted by Crippen LogP contribution is -2.42. The fraction of sp³-hybridized carbons (Fsp3) is 0.750. The van der Waals surface area contributed by atoms with E-state index in [2.05, 4.69) is 0 Å². The van der Waals surface area contributed by atoms with Gasteiger partial charge in [0.25, 0.3) is 0 Å². The summed E-state index contributed by atoms with van der Waals surface area (Å²) in [5.74, 6) is -1.41. The van der Waals surface area contributed by atoms with Crippen molar-refractivity contribution in [3.05, 3.63) is 0 Å². The summed E-state index contributed by atoms with van der Waals surface area (Å²) in [6.07, 6.45) is -1.16. The van der Waals surface area contributed by atoms with Crippen molar-refractivity contribution in [3.63, 3.8) is 0 Å². The number of alkyl halides is 1. The van der Waals surface area contributed by atoms with Gasteiger partial charge in [-0.3, -0.25) is 4.79 Å². The second-order valence-electron chi connectivity index (χ2n) is 1.59. The smallest absolute Gasteiger partial charge is 0.323 e. The number of halogens is 1. The van der Waals surface area contributed by atoms with E-state index < -0.39 is 18.1 Å². The highest BCUT2D eigenvalue weighted by molar-refractivity contribution is 6.18. The standard InChI is InChI=1S/C4H8ClNO3/c5-1-2(7)3(6)4(8)9/h2-3,7H,1,6H2,(H,8,9)/t2-,3+/m0/s1. The molecule has 0 aliphatic carbocycles. The van der Waals surface area contributed by atoms with Gasteiger partial charge in [-0.15, -0.1) is 11.6 Å². The van der Waals surface area contributed by atoms with Crippen LogP contribution in [0.3, 0.4) is 0 Å². The van der Waals surface area contributed by atoms with Crippen LogP contribution < -0.4 is 5.73 Å². The molecule has 0 radical (unpaired) electrons. The number of nitrogens with two attached hydrogens (primary N) is 1. The van der Waals surface area contributed by atoms with Crippen LogP contribution in [0.4, 0.5) is 0 Å². The SMILES string of the molecule is N[C@@H](C(=O)O)[C@@H](O)CCl. The van der Waals surface area contributed by atoms with E-state index in [4.69, 9.17) is 27.5 Å². The third kappa shape index (κ3) is 2.64. The van der Waals surface area contributed by atoms with Gasteiger partial charge in [0, 0.05) is 0 Å². The number of hydrogen-bond acceptors (Lipinski definition) is 3. The Morgan fingerprint density at radius 2 is 2.22 bits per heavy atom. The van der Waals surface area contributed by atoms with E-state index in [0.717, 1.165) is 0 Å². The Labute approximate surface area is 57.2 Å². The maximum atomic E-state index is 9.96. The van der Waals surface area contributed by atoms with Crippen LogP contribution in [0.15, 0.2) is 0 Å². The van der Waals surface area contributed by atoms with Gasteiger partial charge in [0.05, 0.1) is 12.0 Å². The van der Waals surface area contributed by atoms with Crippen LogP contribution >= 0.6 is 11.6 Å². The second-order valence-corrected chi connectivity index (χ2v) is 1.89. The molecule has 0 spiro atoms. The Bertz CT molecular complexity index is 108. The zero-order valence-corrected chi connectivity index (χ0v) is 5.38. The summed E-state index contributed by atoms with van der Waals surface area (Å²) in [4.78, 5) is 9.96. The molecule has 0 saturated heterocycles. The summed E-state index contributed by atoms with van der Waals surface area (Å²) >= 11 is 5.10. The second kappa shape index (κ2) is 3.66. The number of hydrogen-bond donors (Lipinski definition) is 3. The maximum Gasteiger partial charge on any atom is 0.323 e. The van der Waals surface area contributed by atoms with Crippen LogP contribution in [0.1, 0.15) is 0 Å². The quantitative estimate of drug-likeness (QED) is 0.454. The van der Waals surface area contributed by atoms with E-state index >= 15 is 0 Å². The van der Waals surface area contributed by atoms with E-state index in [9.17, 15) is 4.79 Å². The molecule has 0 heterocycles. The molecule has 4 nitrogen and oxygen atoms in total. The lowest BCUT2D eigenvalue weighted by atomic mass is 10.2. The van der Waals surface area contributed by atoms with E-state index in [1.54, 1.807) is 0 Å². The van der Waals surface area contributed by atoms with Crippen molar-refractivity contribution in [3.8, 4) is 0 Å². The summed E-state index contributed by atoms with van der Waals surface area (Å²) in [5.41, 5.74) is 4.94. The fourth-order valence-corrected chi connectivity index (χ4v) is 0.453. The number of aliphatic hydroxyl groups excluding tert-OH is 1. The van der Waals surface area contributed by atoms with Crippen LogP contribution in [0.25, 0.3) is 0 Å². The first-order chi connectivity index (χ1) is 4.09. The van der Waals surface area contributed by atoms with Crippen LogP contribution in [-0.2, 0) is 4.79 Å². The summed E-state index contributed by atoms with van der Waals surface area (Å²) in [6.45, 7) is 0. The molecule has 0 rings (SSSR count). The van der Waals surface area contributed by atoms with Gasteiger partial charge in [-0.1, -0.05) is 0 Å². The monoisotopic (exact) mass is 153 g/mol.